The predicted molar refractivity (Wildman–Crippen MR) is 80.6 cm³/mol. The molecule has 3 rings (SSSR count). The van der Waals surface area contributed by atoms with Crippen LogP contribution >= 0.6 is 0 Å². The number of aromatic nitrogens is 4. The van der Waals surface area contributed by atoms with E-state index in [0.29, 0.717) is 6.42 Å². The van der Waals surface area contributed by atoms with Gasteiger partial charge in [-0.15, -0.1) is 0 Å². The molecule has 0 radical (unpaired) electrons. The lowest BCUT2D eigenvalue weighted by atomic mass is 9.96. The minimum absolute atomic E-state index is 0.255. The number of hydrogen-bond donors (Lipinski definition) is 3. The van der Waals surface area contributed by atoms with Crippen LogP contribution in [0.1, 0.15) is 34.1 Å². The second-order valence-corrected chi connectivity index (χ2v) is 5.87. The molecule has 1 fully saturated rings. The molecule has 0 bridgehead atoms. The average molecular weight is 317 g/mol. The van der Waals surface area contributed by atoms with Gasteiger partial charge in [0.05, 0.1) is 12.1 Å². The SMILES string of the molecule is Cc1cc(C(=O)N[C@H]2[C@H](O)[C@H](O)C[C@@H]2c2cncnc2)nn1C. The van der Waals surface area contributed by atoms with E-state index in [-0.39, 0.29) is 17.5 Å². The van der Waals surface area contributed by atoms with Gasteiger partial charge in [-0.05, 0) is 25.0 Å². The van der Waals surface area contributed by atoms with Crippen LogP contribution in [0, 0.1) is 6.92 Å². The van der Waals surface area contributed by atoms with E-state index in [4.69, 9.17) is 0 Å². The maximum absolute atomic E-state index is 12.4. The number of carbonyl (C=O) groups is 1. The van der Waals surface area contributed by atoms with Crippen LogP contribution < -0.4 is 5.32 Å². The van der Waals surface area contributed by atoms with E-state index >= 15 is 0 Å². The van der Waals surface area contributed by atoms with Crippen LogP contribution in [0.3, 0.4) is 0 Å². The van der Waals surface area contributed by atoms with Crippen molar-refractivity contribution < 1.29 is 15.0 Å². The van der Waals surface area contributed by atoms with Gasteiger partial charge >= 0.3 is 0 Å². The first-order valence-electron chi connectivity index (χ1n) is 7.40. The Morgan fingerprint density at radius 2 is 2.04 bits per heavy atom. The molecule has 0 spiro atoms. The predicted octanol–water partition coefficient (Wildman–Crippen LogP) is -0.474. The second kappa shape index (κ2) is 6.05. The Balaban J connectivity index is 1.82. The largest absolute Gasteiger partial charge is 0.390 e. The molecule has 1 saturated carbocycles. The van der Waals surface area contributed by atoms with Crippen molar-refractivity contribution in [3.8, 4) is 0 Å². The number of amides is 1. The molecule has 0 aliphatic heterocycles. The molecule has 2 heterocycles. The van der Waals surface area contributed by atoms with E-state index in [0.717, 1.165) is 11.3 Å². The quantitative estimate of drug-likeness (QED) is 0.705. The molecule has 8 heteroatoms. The zero-order chi connectivity index (χ0) is 16.6. The van der Waals surface area contributed by atoms with Crippen molar-refractivity contribution in [2.75, 3.05) is 0 Å². The summed E-state index contributed by atoms with van der Waals surface area (Å²) in [6.45, 7) is 1.85. The summed E-state index contributed by atoms with van der Waals surface area (Å²) < 4.78 is 1.61. The molecule has 23 heavy (non-hydrogen) atoms. The van der Waals surface area contributed by atoms with Crippen LogP contribution in [0.2, 0.25) is 0 Å². The van der Waals surface area contributed by atoms with Crippen molar-refractivity contribution in [2.45, 2.75) is 37.5 Å². The monoisotopic (exact) mass is 317 g/mol. The molecule has 4 atom stereocenters. The molecule has 1 amide bonds. The van der Waals surface area contributed by atoms with E-state index in [1.807, 2.05) is 6.92 Å². The molecular weight excluding hydrogens is 298 g/mol. The third-order valence-corrected chi connectivity index (χ3v) is 4.34. The topological polar surface area (TPSA) is 113 Å². The van der Waals surface area contributed by atoms with E-state index in [1.165, 1.54) is 6.33 Å². The minimum Gasteiger partial charge on any atom is -0.390 e. The molecule has 3 N–H and O–H groups in total. The minimum atomic E-state index is -1.05. The molecule has 2 aromatic heterocycles. The van der Waals surface area contributed by atoms with Crippen molar-refractivity contribution in [2.24, 2.45) is 7.05 Å². The van der Waals surface area contributed by atoms with Crippen LogP contribution in [0.4, 0.5) is 0 Å². The van der Waals surface area contributed by atoms with Gasteiger partial charge in [-0.1, -0.05) is 0 Å². The summed E-state index contributed by atoms with van der Waals surface area (Å²) in [4.78, 5) is 20.3. The Labute approximate surface area is 133 Å². The molecule has 1 aliphatic rings. The standard InChI is InChI=1S/C15H19N5O3/c1-8-3-11(19-20(8)2)15(23)18-13-10(4-12(21)14(13)22)9-5-16-7-17-6-9/h3,5-7,10,12-14,21-22H,4H2,1-2H3,(H,18,23)/t10-,12-,13-,14-/m1/s1. The Hall–Kier alpha value is -2.32. The van der Waals surface area contributed by atoms with Gasteiger partial charge in [-0.3, -0.25) is 9.48 Å². The fraction of sp³-hybridized carbons (Fsp3) is 0.467. The number of aliphatic hydroxyl groups is 2. The van der Waals surface area contributed by atoms with Crippen molar-refractivity contribution in [1.29, 1.82) is 0 Å². The Bertz CT molecular complexity index is 683. The van der Waals surface area contributed by atoms with E-state index in [9.17, 15) is 15.0 Å². The number of aliphatic hydroxyl groups excluding tert-OH is 2. The van der Waals surface area contributed by atoms with E-state index < -0.39 is 18.2 Å². The first-order valence-corrected chi connectivity index (χ1v) is 7.40. The first kappa shape index (κ1) is 15.6. The summed E-state index contributed by atoms with van der Waals surface area (Å²) in [5, 5.41) is 27.1. The van der Waals surface area contributed by atoms with E-state index in [2.05, 4.69) is 20.4 Å². The third-order valence-electron chi connectivity index (χ3n) is 4.34. The third kappa shape index (κ3) is 2.95. The van der Waals surface area contributed by atoms with Gasteiger partial charge < -0.3 is 15.5 Å². The lowest BCUT2D eigenvalue weighted by Crippen LogP contribution is -2.45. The van der Waals surface area contributed by atoms with Crippen LogP contribution in [0.25, 0.3) is 0 Å². The fourth-order valence-electron chi connectivity index (χ4n) is 2.95. The van der Waals surface area contributed by atoms with E-state index in [1.54, 1.807) is 30.2 Å². The van der Waals surface area contributed by atoms with Gasteiger partial charge in [0.2, 0.25) is 0 Å². The summed E-state index contributed by atoms with van der Waals surface area (Å²) >= 11 is 0. The molecule has 0 unspecified atom stereocenters. The molecular formula is C15H19N5O3. The highest BCUT2D eigenvalue weighted by Crippen LogP contribution is 2.34. The highest BCUT2D eigenvalue weighted by molar-refractivity contribution is 5.92. The Kier molecular flexibility index (Phi) is 4.10. The van der Waals surface area contributed by atoms with Gasteiger partial charge in [0.25, 0.3) is 5.91 Å². The second-order valence-electron chi connectivity index (χ2n) is 5.87. The number of nitrogens with zero attached hydrogens (tertiary/aromatic N) is 4. The van der Waals surface area contributed by atoms with Crippen LogP contribution in [0.5, 0.6) is 0 Å². The highest BCUT2D eigenvalue weighted by Gasteiger charge is 2.43. The van der Waals surface area contributed by atoms with Gasteiger partial charge in [-0.25, -0.2) is 9.97 Å². The van der Waals surface area contributed by atoms with Crippen molar-refractivity contribution in [1.82, 2.24) is 25.1 Å². The zero-order valence-corrected chi connectivity index (χ0v) is 12.9. The number of nitrogens with one attached hydrogen (secondary N) is 1. The summed E-state index contributed by atoms with van der Waals surface area (Å²) in [7, 11) is 1.75. The molecule has 0 saturated heterocycles. The van der Waals surface area contributed by atoms with Gasteiger partial charge in [0, 0.05) is 31.1 Å². The first-order chi connectivity index (χ1) is 11.0. The molecule has 1 aliphatic carbocycles. The van der Waals surface area contributed by atoms with Crippen molar-refractivity contribution in [3.05, 3.63) is 41.7 Å². The molecule has 0 aromatic carbocycles. The number of hydrogen-bond acceptors (Lipinski definition) is 6. The maximum atomic E-state index is 12.4. The zero-order valence-electron chi connectivity index (χ0n) is 12.9. The molecule has 2 aromatic rings. The normalized spacial score (nSPS) is 27.1. The Morgan fingerprint density at radius 3 is 2.65 bits per heavy atom. The van der Waals surface area contributed by atoms with Crippen LogP contribution in [0.15, 0.2) is 24.8 Å². The summed E-state index contributed by atoms with van der Waals surface area (Å²) in [6.07, 6.45) is 3.06. The lowest BCUT2D eigenvalue weighted by molar-refractivity contribution is 0.0294. The van der Waals surface area contributed by atoms with Gasteiger partial charge in [0.15, 0.2) is 0 Å². The smallest absolute Gasteiger partial charge is 0.272 e. The van der Waals surface area contributed by atoms with Crippen molar-refractivity contribution >= 4 is 5.91 Å². The summed E-state index contributed by atoms with van der Waals surface area (Å²) in [6, 6.07) is 1.05. The molecule has 8 nitrogen and oxygen atoms in total. The summed E-state index contributed by atoms with van der Waals surface area (Å²) in [5.74, 6) is -0.636. The van der Waals surface area contributed by atoms with Crippen LogP contribution in [-0.4, -0.2) is 54.1 Å². The lowest BCUT2D eigenvalue weighted by Gasteiger charge is -2.22. The van der Waals surface area contributed by atoms with Gasteiger partial charge in [0.1, 0.15) is 18.1 Å². The number of carbonyl (C=O) groups excluding carboxylic acids is 1. The van der Waals surface area contributed by atoms with Gasteiger partial charge in [-0.2, -0.15) is 5.10 Å². The number of rotatable bonds is 3. The number of aryl methyl sites for hydroxylation is 2. The van der Waals surface area contributed by atoms with Crippen LogP contribution in [-0.2, 0) is 7.05 Å². The van der Waals surface area contributed by atoms with Crippen molar-refractivity contribution in [3.63, 3.8) is 0 Å². The maximum Gasteiger partial charge on any atom is 0.272 e. The average Bonchev–Trinajstić information content (AvgIpc) is 3.02. The Morgan fingerprint density at radius 1 is 1.35 bits per heavy atom. The summed E-state index contributed by atoms with van der Waals surface area (Å²) in [5.41, 5.74) is 1.91. The fourth-order valence-corrected chi connectivity index (χ4v) is 2.95. The highest BCUT2D eigenvalue weighted by atomic mass is 16.3. The molecule has 122 valence electrons.